The first kappa shape index (κ1) is 13.1. The number of benzene rings is 1. The topological polar surface area (TPSA) is 53.8 Å². The fourth-order valence-corrected chi connectivity index (χ4v) is 3.42. The molecule has 2 aromatic rings. The van der Waals surface area contributed by atoms with E-state index in [2.05, 4.69) is 0 Å². The molecule has 0 bridgehead atoms. The van der Waals surface area contributed by atoms with Crippen molar-refractivity contribution >= 4 is 17.5 Å². The van der Waals surface area contributed by atoms with E-state index in [0.717, 1.165) is 5.69 Å². The first-order valence-electron chi connectivity index (χ1n) is 7.43. The fraction of sp³-hybridized carbons (Fsp3) is 0.294. The maximum Gasteiger partial charge on any atom is 0.289 e. The maximum atomic E-state index is 12.6. The van der Waals surface area contributed by atoms with Gasteiger partial charge in [-0.15, -0.1) is 0 Å². The summed E-state index contributed by atoms with van der Waals surface area (Å²) in [6, 6.07) is 13.1. The van der Waals surface area contributed by atoms with Crippen LogP contribution in [0.2, 0.25) is 0 Å². The van der Waals surface area contributed by atoms with Gasteiger partial charge in [0.2, 0.25) is 5.91 Å². The van der Waals surface area contributed by atoms with Gasteiger partial charge in [-0.1, -0.05) is 18.2 Å². The van der Waals surface area contributed by atoms with Crippen LogP contribution in [0, 0.1) is 11.8 Å². The number of furan rings is 1. The average Bonchev–Trinajstić information content (AvgIpc) is 3.25. The van der Waals surface area contributed by atoms with Crippen molar-refractivity contribution in [1.82, 2.24) is 4.90 Å². The molecule has 2 fully saturated rings. The van der Waals surface area contributed by atoms with E-state index in [1.807, 2.05) is 35.2 Å². The summed E-state index contributed by atoms with van der Waals surface area (Å²) in [5, 5.41) is 0. The number of likely N-dealkylation sites (tertiary alicyclic amines) is 1. The van der Waals surface area contributed by atoms with Crippen LogP contribution < -0.4 is 4.90 Å². The lowest BCUT2D eigenvalue weighted by Gasteiger charge is -2.21. The van der Waals surface area contributed by atoms with Crippen molar-refractivity contribution in [3.05, 3.63) is 54.5 Å². The van der Waals surface area contributed by atoms with Gasteiger partial charge in [0.15, 0.2) is 5.76 Å². The summed E-state index contributed by atoms with van der Waals surface area (Å²) in [4.78, 5) is 28.5. The molecule has 0 N–H and O–H groups in total. The smallest absolute Gasteiger partial charge is 0.289 e. The number of rotatable bonds is 2. The van der Waals surface area contributed by atoms with E-state index in [0.29, 0.717) is 25.4 Å². The molecule has 22 heavy (non-hydrogen) atoms. The van der Waals surface area contributed by atoms with Gasteiger partial charge in [-0.05, 0) is 24.3 Å². The largest absolute Gasteiger partial charge is 0.459 e. The Bertz CT molecular complexity index is 696. The van der Waals surface area contributed by atoms with E-state index in [4.69, 9.17) is 4.42 Å². The predicted octanol–water partition coefficient (Wildman–Crippen LogP) is 2.01. The highest BCUT2D eigenvalue weighted by molar-refractivity contribution is 5.99. The molecule has 2 atom stereocenters. The number of para-hydroxylation sites is 1. The molecule has 5 heteroatoms. The second-order valence-corrected chi connectivity index (χ2v) is 5.84. The highest BCUT2D eigenvalue weighted by atomic mass is 16.3. The second-order valence-electron chi connectivity index (χ2n) is 5.84. The SMILES string of the molecule is O=C(c1ccco1)N1C[C@H]2CN(c3ccccc3)C(=O)[C@@H]2C1. The fourth-order valence-electron chi connectivity index (χ4n) is 3.42. The van der Waals surface area contributed by atoms with Crippen LogP contribution in [0.25, 0.3) is 0 Å². The van der Waals surface area contributed by atoms with E-state index >= 15 is 0 Å². The monoisotopic (exact) mass is 296 g/mol. The molecule has 0 saturated carbocycles. The van der Waals surface area contributed by atoms with Gasteiger partial charge in [0, 0.05) is 31.2 Å². The standard InChI is InChI=1S/C17H16N2O3/c20-16-14-11-18(17(21)15-7-4-8-22-15)9-12(14)10-19(16)13-5-2-1-3-6-13/h1-8,12,14H,9-11H2/t12-,14+/m0/s1. The summed E-state index contributed by atoms with van der Waals surface area (Å²) in [5.41, 5.74) is 0.936. The van der Waals surface area contributed by atoms with Crippen molar-refractivity contribution in [3.63, 3.8) is 0 Å². The van der Waals surface area contributed by atoms with Crippen LogP contribution in [0.3, 0.4) is 0 Å². The Kier molecular flexibility index (Phi) is 2.99. The molecular weight excluding hydrogens is 280 g/mol. The maximum absolute atomic E-state index is 12.6. The summed E-state index contributed by atoms with van der Waals surface area (Å²) in [7, 11) is 0. The van der Waals surface area contributed by atoms with Crippen LogP contribution in [0.1, 0.15) is 10.6 Å². The first-order valence-corrected chi connectivity index (χ1v) is 7.43. The summed E-state index contributed by atoms with van der Waals surface area (Å²) in [6.45, 7) is 1.76. The number of anilines is 1. The zero-order valence-corrected chi connectivity index (χ0v) is 12.0. The van der Waals surface area contributed by atoms with Crippen LogP contribution >= 0.6 is 0 Å². The molecule has 1 aromatic carbocycles. The van der Waals surface area contributed by atoms with Crippen molar-refractivity contribution in [2.24, 2.45) is 11.8 Å². The summed E-state index contributed by atoms with van der Waals surface area (Å²) in [5.74, 6) is 0.433. The van der Waals surface area contributed by atoms with Gasteiger partial charge in [-0.25, -0.2) is 0 Å². The Balaban J connectivity index is 1.50. The second kappa shape index (κ2) is 5.02. The normalized spacial score (nSPS) is 23.9. The molecule has 2 amide bonds. The van der Waals surface area contributed by atoms with Gasteiger partial charge in [0.25, 0.3) is 5.91 Å². The van der Waals surface area contributed by atoms with Gasteiger partial charge in [0.1, 0.15) is 0 Å². The Labute approximate surface area is 128 Å². The number of nitrogens with zero attached hydrogens (tertiary/aromatic N) is 2. The van der Waals surface area contributed by atoms with E-state index in [1.165, 1.54) is 6.26 Å². The van der Waals surface area contributed by atoms with Crippen LogP contribution in [-0.2, 0) is 4.79 Å². The minimum absolute atomic E-state index is 0.0980. The van der Waals surface area contributed by atoms with Crippen molar-refractivity contribution in [2.75, 3.05) is 24.5 Å². The highest BCUT2D eigenvalue weighted by Gasteiger charge is 2.48. The third-order valence-corrected chi connectivity index (χ3v) is 4.53. The molecule has 0 aliphatic carbocycles. The molecule has 4 rings (SSSR count). The molecular formula is C17H16N2O3. The average molecular weight is 296 g/mol. The van der Waals surface area contributed by atoms with Gasteiger partial charge < -0.3 is 14.2 Å². The zero-order valence-electron chi connectivity index (χ0n) is 12.0. The van der Waals surface area contributed by atoms with E-state index in [9.17, 15) is 9.59 Å². The quantitative estimate of drug-likeness (QED) is 0.852. The number of hydrogen-bond acceptors (Lipinski definition) is 3. The highest BCUT2D eigenvalue weighted by Crippen LogP contribution is 2.35. The predicted molar refractivity (Wildman–Crippen MR) is 80.4 cm³/mol. The zero-order chi connectivity index (χ0) is 15.1. The molecule has 5 nitrogen and oxygen atoms in total. The number of carbonyl (C=O) groups is 2. The lowest BCUT2D eigenvalue weighted by atomic mass is 10.0. The molecule has 0 spiro atoms. The van der Waals surface area contributed by atoms with Gasteiger partial charge >= 0.3 is 0 Å². The van der Waals surface area contributed by atoms with Gasteiger partial charge in [0.05, 0.1) is 12.2 Å². The van der Waals surface area contributed by atoms with Gasteiger partial charge in [-0.3, -0.25) is 9.59 Å². The van der Waals surface area contributed by atoms with Crippen LogP contribution in [0.4, 0.5) is 5.69 Å². The molecule has 3 heterocycles. The van der Waals surface area contributed by atoms with Crippen molar-refractivity contribution in [1.29, 1.82) is 0 Å². The third-order valence-electron chi connectivity index (χ3n) is 4.53. The number of carbonyl (C=O) groups excluding carboxylic acids is 2. The summed E-state index contributed by atoms with van der Waals surface area (Å²) < 4.78 is 5.16. The van der Waals surface area contributed by atoms with Crippen molar-refractivity contribution < 1.29 is 14.0 Å². The molecule has 2 saturated heterocycles. The minimum atomic E-state index is -0.126. The first-order chi connectivity index (χ1) is 10.7. The molecule has 0 radical (unpaired) electrons. The molecule has 0 unspecified atom stereocenters. The Morgan fingerprint density at radius 1 is 1.05 bits per heavy atom. The number of hydrogen-bond donors (Lipinski definition) is 0. The van der Waals surface area contributed by atoms with E-state index in [-0.39, 0.29) is 23.7 Å². The van der Waals surface area contributed by atoms with Crippen molar-refractivity contribution in [2.45, 2.75) is 0 Å². The molecule has 2 aliphatic rings. The molecule has 2 aliphatic heterocycles. The van der Waals surface area contributed by atoms with Gasteiger partial charge in [-0.2, -0.15) is 0 Å². The van der Waals surface area contributed by atoms with Crippen molar-refractivity contribution in [3.8, 4) is 0 Å². The lowest BCUT2D eigenvalue weighted by Crippen LogP contribution is -2.35. The van der Waals surface area contributed by atoms with Crippen LogP contribution in [-0.4, -0.2) is 36.3 Å². The summed E-state index contributed by atoms with van der Waals surface area (Å²) >= 11 is 0. The Morgan fingerprint density at radius 3 is 2.55 bits per heavy atom. The minimum Gasteiger partial charge on any atom is -0.459 e. The van der Waals surface area contributed by atoms with Crippen LogP contribution in [0.5, 0.6) is 0 Å². The Morgan fingerprint density at radius 2 is 1.86 bits per heavy atom. The molecule has 112 valence electrons. The molecule has 1 aromatic heterocycles. The number of fused-ring (bicyclic) bond motifs is 1. The van der Waals surface area contributed by atoms with E-state index in [1.54, 1.807) is 17.0 Å². The summed E-state index contributed by atoms with van der Waals surface area (Å²) in [6.07, 6.45) is 1.49. The third kappa shape index (κ3) is 2.01. The Hall–Kier alpha value is -2.56. The lowest BCUT2D eigenvalue weighted by molar-refractivity contribution is -0.120. The van der Waals surface area contributed by atoms with E-state index < -0.39 is 0 Å². The number of amides is 2. The van der Waals surface area contributed by atoms with Crippen LogP contribution in [0.15, 0.2) is 53.1 Å².